The van der Waals surface area contributed by atoms with Crippen molar-refractivity contribution in [2.45, 2.75) is 13.8 Å². The van der Waals surface area contributed by atoms with Gasteiger partial charge in [-0.3, -0.25) is 0 Å². The summed E-state index contributed by atoms with van der Waals surface area (Å²) in [4.78, 5) is 0. The molecule has 6 heteroatoms. The van der Waals surface area contributed by atoms with Crippen molar-refractivity contribution < 1.29 is 36.3 Å². The van der Waals surface area contributed by atoms with Gasteiger partial charge in [-0.25, -0.2) is 0 Å². The summed E-state index contributed by atoms with van der Waals surface area (Å²) in [5.74, 6) is 0. The smallest absolute Gasteiger partial charge is 0.441 e. The number of aryl methyl sites for hydroxylation is 2. The van der Waals surface area contributed by atoms with Crippen LogP contribution in [0, 0.1) is 20.0 Å². The predicted octanol–water partition coefficient (Wildman–Crippen LogP) is -1.41. The first-order chi connectivity index (χ1) is 5.39. The molecule has 13 heavy (non-hydrogen) atoms. The average molecular weight is 181 g/mol. The van der Waals surface area contributed by atoms with Crippen LogP contribution in [-0.4, -0.2) is 7.11 Å². The molecule has 0 radical (unpaired) electrons. The molecule has 0 saturated heterocycles. The van der Waals surface area contributed by atoms with Gasteiger partial charge >= 0.3 is 26.0 Å². The number of halogens is 3. The van der Waals surface area contributed by atoms with E-state index in [9.17, 15) is 12.9 Å². The molecule has 0 spiro atoms. The van der Waals surface area contributed by atoms with Crippen LogP contribution in [0.15, 0.2) is 12.3 Å². The molecule has 1 aromatic rings. The Bertz CT molecular complexity index is 280. The summed E-state index contributed by atoms with van der Waals surface area (Å²) < 4.78 is 36.6. The van der Waals surface area contributed by atoms with Gasteiger partial charge in [0, 0.05) is 6.20 Å². The molecule has 0 aliphatic heterocycles. The second-order valence-electron chi connectivity index (χ2n) is 2.76. The van der Waals surface area contributed by atoms with Gasteiger partial charge in [-0.1, -0.05) is 13.8 Å². The minimum atomic E-state index is -4.98. The molecule has 66 valence electrons. The maximum Gasteiger partial charge on any atom is 1.00 e. The Labute approximate surface area is 87.2 Å². The van der Waals surface area contributed by atoms with Crippen LogP contribution >= 0.6 is 0 Å². The minimum Gasteiger partial charge on any atom is -0.441 e. The second kappa shape index (κ2) is 4.21. The van der Waals surface area contributed by atoms with E-state index in [0.717, 1.165) is 6.20 Å². The molecule has 0 atom stereocenters. The molecular weight excluding hydrogens is 173 g/mol. The Morgan fingerprint density at radius 1 is 1.31 bits per heavy atom. The zero-order valence-electron chi connectivity index (χ0n) is 7.81. The number of pyridine rings is 1. The van der Waals surface area contributed by atoms with E-state index in [1.165, 1.54) is 0 Å². The maximum absolute atomic E-state index is 12.1. The Kier molecular flexibility index (Phi) is 4.08. The largest absolute Gasteiger partial charge is 1.00 e. The van der Waals surface area contributed by atoms with Gasteiger partial charge in [0.25, 0.3) is 0 Å². The van der Waals surface area contributed by atoms with Crippen molar-refractivity contribution in [3.05, 3.63) is 29.6 Å². The van der Waals surface area contributed by atoms with E-state index < -0.39 is 7.11 Å². The number of aromatic nitrogens is 1. The molecule has 0 amide bonds. The van der Waals surface area contributed by atoms with Crippen LogP contribution < -0.4 is 23.3 Å². The van der Waals surface area contributed by atoms with Gasteiger partial charge in [-0.05, 0) is 0 Å². The molecule has 0 unspecified atom stereocenters. The third-order valence-electron chi connectivity index (χ3n) is 1.41. The number of rotatable bonds is 1. The van der Waals surface area contributed by atoms with Crippen LogP contribution in [0.1, 0.15) is 11.1 Å². The Balaban J connectivity index is 0.00000144. The standard InChI is InChI=1S/C7H8BF3N.Li/c1-6-3-7(2)5-12(4-6)8(9,10)11;/h3-4H,1-2H3;/q-1;+1. The van der Waals surface area contributed by atoms with Gasteiger partial charge in [0.2, 0.25) is 0 Å². The van der Waals surface area contributed by atoms with E-state index in [2.05, 4.69) is 6.20 Å². The van der Waals surface area contributed by atoms with Gasteiger partial charge in [-0.2, -0.15) is 6.07 Å². The van der Waals surface area contributed by atoms with Gasteiger partial charge in [0.1, 0.15) is 0 Å². The number of nitrogens with zero attached hydrogens (tertiary/aromatic N) is 1. The number of hydrogen-bond acceptors (Lipinski definition) is 0. The fourth-order valence-corrected chi connectivity index (χ4v) is 1.02. The molecule has 0 aromatic carbocycles. The van der Waals surface area contributed by atoms with E-state index in [1.54, 1.807) is 19.9 Å². The van der Waals surface area contributed by atoms with Crippen molar-refractivity contribution in [1.29, 1.82) is 0 Å². The molecule has 1 aromatic heterocycles. The normalized spacial score (nSPS) is 10.8. The average Bonchev–Trinajstić information content (AvgIpc) is 1.82. The van der Waals surface area contributed by atoms with Crippen molar-refractivity contribution in [3.8, 4) is 0 Å². The van der Waals surface area contributed by atoms with E-state index in [0.29, 0.717) is 11.1 Å². The van der Waals surface area contributed by atoms with Crippen LogP contribution in [0.25, 0.3) is 0 Å². The SMILES string of the molecule is Cc1[c-][n+]([B-](F)(F)F)cc(C)c1.[Li+]. The molecule has 1 rings (SSSR count). The third kappa shape index (κ3) is 3.45. The summed E-state index contributed by atoms with van der Waals surface area (Å²) in [5, 5.41) is 0. The quantitative estimate of drug-likeness (QED) is 0.370. The monoisotopic (exact) mass is 181 g/mol. The Hall–Kier alpha value is -0.398. The first-order valence-corrected chi connectivity index (χ1v) is 3.51. The van der Waals surface area contributed by atoms with Gasteiger partial charge in [0.05, 0.1) is 6.20 Å². The minimum absolute atomic E-state index is 0. The fourth-order valence-electron chi connectivity index (χ4n) is 1.02. The molecule has 0 saturated carbocycles. The first-order valence-electron chi connectivity index (χ1n) is 3.51. The topological polar surface area (TPSA) is 3.88 Å². The van der Waals surface area contributed by atoms with E-state index >= 15 is 0 Å². The van der Waals surface area contributed by atoms with Crippen molar-refractivity contribution in [2.24, 2.45) is 0 Å². The number of hydrogen-bond donors (Lipinski definition) is 0. The van der Waals surface area contributed by atoms with E-state index in [-0.39, 0.29) is 23.3 Å². The van der Waals surface area contributed by atoms with Crippen LogP contribution in [0.3, 0.4) is 0 Å². The summed E-state index contributed by atoms with van der Waals surface area (Å²) in [6.45, 7) is 3.21. The van der Waals surface area contributed by atoms with E-state index in [1.807, 2.05) is 0 Å². The molecule has 0 N–H and O–H groups in total. The third-order valence-corrected chi connectivity index (χ3v) is 1.41. The second-order valence-corrected chi connectivity index (χ2v) is 2.76. The summed E-state index contributed by atoms with van der Waals surface area (Å²) >= 11 is 0. The van der Waals surface area contributed by atoms with Crippen LogP contribution in [-0.2, 0) is 0 Å². The first kappa shape index (κ1) is 12.6. The Morgan fingerprint density at radius 3 is 2.23 bits per heavy atom. The van der Waals surface area contributed by atoms with Gasteiger partial charge in [0.15, 0.2) is 0 Å². The van der Waals surface area contributed by atoms with Crippen molar-refractivity contribution in [3.63, 3.8) is 0 Å². The van der Waals surface area contributed by atoms with Crippen LogP contribution in [0.2, 0.25) is 0 Å². The van der Waals surface area contributed by atoms with Gasteiger partial charge in [-0.15, -0.1) is 11.1 Å². The van der Waals surface area contributed by atoms with Crippen molar-refractivity contribution in [1.82, 2.24) is 0 Å². The summed E-state index contributed by atoms with van der Waals surface area (Å²) in [6, 6.07) is 1.65. The summed E-state index contributed by atoms with van der Waals surface area (Å²) in [6.07, 6.45) is 3.24. The van der Waals surface area contributed by atoms with Crippen molar-refractivity contribution >= 4 is 7.11 Å². The van der Waals surface area contributed by atoms with E-state index in [4.69, 9.17) is 0 Å². The zero-order valence-corrected chi connectivity index (χ0v) is 7.81. The van der Waals surface area contributed by atoms with Crippen LogP contribution in [0.4, 0.5) is 12.9 Å². The fraction of sp³-hybridized carbons (Fsp3) is 0.286. The molecular formula is C7H8BF3LiN. The molecule has 0 fully saturated rings. The molecule has 1 heterocycles. The maximum atomic E-state index is 12.1. The molecule has 0 bridgehead atoms. The Morgan fingerprint density at radius 2 is 1.85 bits per heavy atom. The molecule has 1 nitrogen and oxygen atoms in total. The molecule has 0 aliphatic rings. The molecule has 0 aliphatic carbocycles. The van der Waals surface area contributed by atoms with Crippen molar-refractivity contribution in [2.75, 3.05) is 0 Å². The predicted molar refractivity (Wildman–Crippen MR) is 39.4 cm³/mol. The summed E-state index contributed by atoms with van der Waals surface area (Å²) in [5.41, 5.74) is 1.08. The van der Waals surface area contributed by atoms with Gasteiger partial charge < -0.3 is 17.4 Å². The zero-order chi connectivity index (χ0) is 9.35. The van der Waals surface area contributed by atoms with Crippen LogP contribution in [0.5, 0.6) is 0 Å². The summed E-state index contributed by atoms with van der Waals surface area (Å²) in [7, 11) is -4.98.